The highest BCUT2D eigenvalue weighted by molar-refractivity contribution is 4.98. The minimum absolute atomic E-state index is 0.498. The van der Waals surface area contributed by atoms with Crippen LogP contribution in [-0.2, 0) is 13.1 Å². The molecule has 108 valence electrons. The molecule has 0 aliphatic heterocycles. The van der Waals surface area contributed by atoms with Gasteiger partial charge in [0.2, 0.25) is 0 Å². The predicted molar refractivity (Wildman–Crippen MR) is 76.8 cm³/mol. The number of rotatable bonds is 6. The van der Waals surface area contributed by atoms with Crippen LogP contribution in [0.3, 0.4) is 0 Å². The zero-order chi connectivity index (χ0) is 13.7. The molecule has 2 rings (SSSR count). The van der Waals surface area contributed by atoms with Crippen LogP contribution < -0.4 is 5.32 Å². The fourth-order valence-corrected chi connectivity index (χ4v) is 2.84. The molecule has 1 saturated carbocycles. The van der Waals surface area contributed by atoms with Crippen LogP contribution >= 0.6 is 0 Å². The van der Waals surface area contributed by atoms with Crippen molar-refractivity contribution in [3.05, 3.63) is 18.2 Å². The molecule has 0 aromatic carbocycles. The molecule has 1 aromatic rings. The summed E-state index contributed by atoms with van der Waals surface area (Å²) in [5, 5.41) is 13.9. The average molecular weight is 265 g/mol. The van der Waals surface area contributed by atoms with Gasteiger partial charge in [0.25, 0.3) is 0 Å². The molecule has 0 spiro atoms. The Morgan fingerprint density at radius 1 is 1.47 bits per heavy atom. The van der Waals surface area contributed by atoms with E-state index in [1.165, 1.54) is 5.69 Å². The van der Waals surface area contributed by atoms with Crippen molar-refractivity contribution in [3.8, 4) is 0 Å². The van der Waals surface area contributed by atoms with Gasteiger partial charge in [-0.2, -0.15) is 0 Å². The number of aliphatic hydroxyl groups is 1. The SMILES string of the molecule is CCCn1cncc1CNCC1(O)CCC(C)CC1. The molecule has 1 aliphatic carbocycles. The molecule has 1 fully saturated rings. The van der Waals surface area contributed by atoms with Crippen molar-refractivity contribution in [3.63, 3.8) is 0 Å². The van der Waals surface area contributed by atoms with E-state index in [1.807, 2.05) is 12.5 Å². The molecule has 1 heterocycles. The molecule has 0 unspecified atom stereocenters. The number of aryl methyl sites for hydroxylation is 1. The molecule has 19 heavy (non-hydrogen) atoms. The molecule has 2 N–H and O–H groups in total. The first-order valence-electron chi connectivity index (χ1n) is 7.55. The summed E-state index contributed by atoms with van der Waals surface area (Å²) >= 11 is 0. The van der Waals surface area contributed by atoms with Gasteiger partial charge in [-0.05, 0) is 38.0 Å². The predicted octanol–water partition coefficient (Wildman–Crippen LogP) is 2.32. The summed E-state index contributed by atoms with van der Waals surface area (Å²) in [7, 11) is 0. The number of hydrogen-bond donors (Lipinski definition) is 2. The van der Waals surface area contributed by atoms with E-state index in [1.54, 1.807) is 0 Å². The van der Waals surface area contributed by atoms with E-state index in [-0.39, 0.29) is 0 Å². The smallest absolute Gasteiger partial charge is 0.0948 e. The quantitative estimate of drug-likeness (QED) is 0.830. The van der Waals surface area contributed by atoms with Crippen molar-refractivity contribution >= 4 is 0 Å². The van der Waals surface area contributed by atoms with Gasteiger partial charge in [0.15, 0.2) is 0 Å². The Hall–Kier alpha value is -0.870. The van der Waals surface area contributed by atoms with Crippen molar-refractivity contribution in [2.75, 3.05) is 6.54 Å². The van der Waals surface area contributed by atoms with E-state index < -0.39 is 5.60 Å². The highest BCUT2D eigenvalue weighted by atomic mass is 16.3. The fraction of sp³-hybridized carbons (Fsp3) is 0.800. The van der Waals surface area contributed by atoms with E-state index in [0.29, 0.717) is 6.54 Å². The lowest BCUT2D eigenvalue weighted by molar-refractivity contribution is -0.00640. The zero-order valence-electron chi connectivity index (χ0n) is 12.2. The monoisotopic (exact) mass is 265 g/mol. The summed E-state index contributed by atoms with van der Waals surface area (Å²) in [5.41, 5.74) is 0.705. The van der Waals surface area contributed by atoms with Gasteiger partial charge >= 0.3 is 0 Å². The van der Waals surface area contributed by atoms with Gasteiger partial charge in [-0.3, -0.25) is 0 Å². The zero-order valence-corrected chi connectivity index (χ0v) is 12.2. The van der Waals surface area contributed by atoms with Crippen LogP contribution in [0.1, 0.15) is 51.6 Å². The Morgan fingerprint density at radius 2 is 2.21 bits per heavy atom. The molecule has 0 radical (unpaired) electrons. The maximum Gasteiger partial charge on any atom is 0.0948 e. The summed E-state index contributed by atoms with van der Waals surface area (Å²) in [5.74, 6) is 0.770. The maximum absolute atomic E-state index is 10.5. The van der Waals surface area contributed by atoms with E-state index >= 15 is 0 Å². The maximum atomic E-state index is 10.5. The van der Waals surface area contributed by atoms with Gasteiger partial charge in [0.05, 0.1) is 17.6 Å². The second-order valence-electron chi connectivity index (χ2n) is 6.09. The molecule has 4 heteroatoms. The van der Waals surface area contributed by atoms with Crippen LogP contribution in [0.4, 0.5) is 0 Å². The largest absolute Gasteiger partial charge is 0.389 e. The first kappa shape index (κ1) is 14.5. The minimum Gasteiger partial charge on any atom is -0.389 e. The molecular weight excluding hydrogens is 238 g/mol. The lowest BCUT2D eigenvalue weighted by Gasteiger charge is -2.35. The molecule has 0 bridgehead atoms. The van der Waals surface area contributed by atoms with Crippen LogP contribution in [0.2, 0.25) is 0 Å². The van der Waals surface area contributed by atoms with Crippen molar-refractivity contribution in [1.82, 2.24) is 14.9 Å². The third-order valence-electron chi connectivity index (χ3n) is 4.23. The van der Waals surface area contributed by atoms with Crippen LogP contribution in [-0.4, -0.2) is 26.8 Å². The number of nitrogens with one attached hydrogen (secondary N) is 1. The number of imidazole rings is 1. The lowest BCUT2D eigenvalue weighted by Crippen LogP contribution is -2.43. The van der Waals surface area contributed by atoms with E-state index in [2.05, 4.69) is 28.7 Å². The molecule has 1 aliphatic rings. The Labute approximate surface area is 116 Å². The third kappa shape index (κ3) is 4.05. The van der Waals surface area contributed by atoms with E-state index in [9.17, 15) is 5.11 Å². The van der Waals surface area contributed by atoms with Crippen LogP contribution in [0, 0.1) is 5.92 Å². The normalized spacial score (nSPS) is 27.6. The standard InChI is InChI=1S/C15H27N3O/c1-3-8-18-12-17-10-14(18)9-16-11-15(19)6-4-13(2)5-7-15/h10,12-13,16,19H,3-9,11H2,1-2H3. The second kappa shape index (κ2) is 6.53. The van der Waals surface area contributed by atoms with Gasteiger partial charge in [-0.1, -0.05) is 13.8 Å². The Kier molecular flexibility index (Phi) is 4.99. The fourth-order valence-electron chi connectivity index (χ4n) is 2.84. The number of hydrogen-bond acceptors (Lipinski definition) is 3. The minimum atomic E-state index is -0.498. The summed E-state index contributed by atoms with van der Waals surface area (Å²) in [6.07, 6.45) is 9.06. The Balaban J connectivity index is 1.78. The van der Waals surface area contributed by atoms with Crippen LogP contribution in [0.5, 0.6) is 0 Å². The van der Waals surface area contributed by atoms with Gasteiger partial charge in [0, 0.05) is 25.8 Å². The highest BCUT2D eigenvalue weighted by Crippen LogP contribution is 2.31. The van der Waals surface area contributed by atoms with Crippen molar-refractivity contribution in [1.29, 1.82) is 0 Å². The molecular formula is C15H27N3O. The summed E-state index contributed by atoms with van der Waals surface area (Å²) < 4.78 is 2.18. The van der Waals surface area contributed by atoms with Gasteiger partial charge in [0.1, 0.15) is 0 Å². The highest BCUT2D eigenvalue weighted by Gasteiger charge is 2.31. The molecule has 0 amide bonds. The summed E-state index contributed by atoms with van der Waals surface area (Å²) in [6.45, 7) is 6.94. The molecule has 1 aromatic heterocycles. The Bertz CT molecular complexity index is 380. The molecule has 0 saturated heterocycles. The van der Waals surface area contributed by atoms with Crippen LogP contribution in [0.25, 0.3) is 0 Å². The van der Waals surface area contributed by atoms with E-state index in [0.717, 1.165) is 51.1 Å². The second-order valence-corrected chi connectivity index (χ2v) is 6.09. The molecule has 0 atom stereocenters. The molecule has 4 nitrogen and oxygen atoms in total. The van der Waals surface area contributed by atoms with Crippen molar-refractivity contribution in [2.45, 2.75) is 64.6 Å². The first-order chi connectivity index (χ1) is 9.13. The third-order valence-corrected chi connectivity index (χ3v) is 4.23. The van der Waals surface area contributed by atoms with Crippen LogP contribution in [0.15, 0.2) is 12.5 Å². The van der Waals surface area contributed by atoms with Crippen molar-refractivity contribution in [2.24, 2.45) is 5.92 Å². The number of aromatic nitrogens is 2. The number of nitrogens with zero attached hydrogens (tertiary/aromatic N) is 2. The van der Waals surface area contributed by atoms with E-state index in [4.69, 9.17) is 0 Å². The Morgan fingerprint density at radius 3 is 2.89 bits per heavy atom. The van der Waals surface area contributed by atoms with Crippen molar-refractivity contribution < 1.29 is 5.11 Å². The van der Waals surface area contributed by atoms with Gasteiger partial charge in [-0.15, -0.1) is 0 Å². The van der Waals surface area contributed by atoms with Gasteiger partial charge < -0.3 is 15.0 Å². The summed E-state index contributed by atoms with van der Waals surface area (Å²) in [6, 6.07) is 0. The average Bonchev–Trinajstić information content (AvgIpc) is 2.82. The first-order valence-corrected chi connectivity index (χ1v) is 7.55. The summed E-state index contributed by atoms with van der Waals surface area (Å²) in [4.78, 5) is 4.19. The lowest BCUT2D eigenvalue weighted by atomic mass is 9.79. The van der Waals surface area contributed by atoms with Gasteiger partial charge in [-0.25, -0.2) is 4.98 Å². The topological polar surface area (TPSA) is 50.1 Å².